The summed E-state index contributed by atoms with van der Waals surface area (Å²) in [6, 6.07) is 6.52. The highest BCUT2D eigenvalue weighted by atomic mass is 32.2. The third kappa shape index (κ3) is 1.54. The smallest absolute Gasteiger partial charge is 0.191 e. The van der Waals surface area contributed by atoms with E-state index in [-0.39, 0.29) is 10.7 Å². The van der Waals surface area contributed by atoms with Crippen LogP contribution in [0.1, 0.15) is 5.56 Å². The molecule has 18 heavy (non-hydrogen) atoms. The van der Waals surface area contributed by atoms with Crippen LogP contribution in [-0.4, -0.2) is 31.7 Å². The molecule has 2 aliphatic heterocycles. The summed E-state index contributed by atoms with van der Waals surface area (Å²) in [7, 11) is -3.66. The van der Waals surface area contributed by atoms with Crippen molar-refractivity contribution in [2.75, 3.05) is 0 Å². The minimum absolute atomic E-state index is 0.177. The molecule has 0 aromatic heterocycles. The van der Waals surface area contributed by atoms with Crippen LogP contribution in [-0.2, 0) is 19.4 Å². The predicted molar refractivity (Wildman–Crippen MR) is 65.0 cm³/mol. The Labute approximate surface area is 105 Å². The first kappa shape index (κ1) is 11.6. The van der Waals surface area contributed by atoms with Gasteiger partial charge in [0.2, 0.25) is 0 Å². The Bertz CT molecular complexity index is 627. The number of hydrogen-bond acceptors (Lipinski definition) is 4. The SMILES string of the molecule is Cc1ccc(S(=O)(=O)C2C(=O)[C@H]3C=C[C@@H]2O3)cc1. The second-order valence-corrected chi connectivity index (χ2v) is 6.66. The predicted octanol–water partition coefficient (Wildman–Crippen LogP) is 1.04. The summed E-state index contributed by atoms with van der Waals surface area (Å²) < 4.78 is 30.1. The number of Topliss-reactive ketones (excluding diaryl/α,β-unsaturated/α-hetero) is 1. The van der Waals surface area contributed by atoms with E-state index in [1.807, 2.05) is 6.92 Å². The molecule has 0 saturated carbocycles. The minimum Gasteiger partial charge on any atom is -0.357 e. The lowest BCUT2D eigenvalue weighted by molar-refractivity contribution is -0.120. The largest absolute Gasteiger partial charge is 0.357 e. The average Bonchev–Trinajstić information content (AvgIpc) is 2.89. The number of aryl methyl sites for hydroxylation is 1. The number of carbonyl (C=O) groups is 1. The Balaban J connectivity index is 2.03. The molecule has 5 heteroatoms. The monoisotopic (exact) mass is 264 g/mol. The Kier molecular flexibility index (Phi) is 2.43. The van der Waals surface area contributed by atoms with E-state index < -0.39 is 27.3 Å². The molecular formula is C13H12O4S. The fourth-order valence-electron chi connectivity index (χ4n) is 2.33. The van der Waals surface area contributed by atoms with Crippen LogP contribution in [0.5, 0.6) is 0 Å². The van der Waals surface area contributed by atoms with Gasteiger partial charge >= 0.3 is 0 Å². The van der Waals surface area contributed by atoms with Crippen molar-refractivity contribution < 1.29 is 17.9 Å². The van der Waals surface area contributed by atoms with Crippen LogP contribution < -0.4 is 0 Å². The van der Waals surface area contributed by atoms with Gasteiger partial charge in [0.15, 0.2) is 20.9 Å². The van der Waals surface area contributed by atoms with E-state index in [9.17, 15) is 13.2 Å². The molecule has 1 unspecified atom stereocenters. The zero-order chi connectivity index (χ0) is 12.9. The van der Waals surface area contributed by atoms with Gasteiger partial charge in [-0.05, 0) is 25.1 Å². The van der Waals surface area contributed by atoms with Crippen LogP contribution in [0, 0.1) is 6.92 Å². The molecule has 0 amide bonds. The van der Waals surface area contributed by atoms with Crippen molar-refractivity contribution in [3.63, 3.8) is 0 Å². The highest BCUT2D eigenvalue weighted by Gasteiger charge is 2.52. The Morgan fingerprint density at radius 2 is 1.78 bits per heavy atom. The van der Waals surface area contributed by atoms with Gasteiger partial charge in [-0.2, -0.15) is 0 Å². The maximum Gasteiger partial charge on any atom is 0.191 e. The molecule has 1 aromatic carbocycles. The second kappa shape index (κ2) is 3.76. The van der Waals surface area contributed by atoms with Crippen molar-refractivity contribution in [2.45, 2.75) is 29.3 Å². The average molecular weight is 264 g/mol. The lowest BCUT2D eigenvalue weighted by Gasteiger charge is -2.15. The topological polar surface area (TPSA) is 60.4 Å². The summed E-state index contributed by atoms with van der Waals surface area (Å²) in [4.78, 5) is 12.1. The molecule has 2 aliphatic rings. The number of carbonyl (C=O) groups excluding carboxylic acids is 1. The fourth-order valence-corrected chi connectivity index (χ4v) is 4.09. The number of ketones is 1. The third-order valence-electron chi connectivity index (χ3n) is 3.32. The molecule has 1 saturated heterocycles. The van der Waals surface area contributed by atoms with Crippen LogP contribution in [0.3, 0.4) is 0 Å². The Hall–Kier alpha value is -1.46. The van der Waals surface area contributed by atoms with Gasteiger partial charge in [0.1, 0.15) is 12.2 Å². The van der Waals surface area contributed by atoms with Crippen LogP contribution in [0.2, 0.25) is 0 Å². The Morgan fingerprint density at radius 3 is 2.33 bits per heavy atom. The third-order valence-corrected chi connectivity index (χ3v) is 5.42. The van der Waals surface area contributed by atoms with Gasteiger partial charge in [0.25, 0.3) is 0 Å². The summed E-state index contributed by atoms with van der Waals surface area (Å²) >= 11 is 0. The molecule has 94 valence electrons. The normalized spacial score (nSPS) is 30.1. The van der Waals surface area contributed by atoms with Crippen molar-refractivity contribution >= 4 is 15.6 Å². The van der Waals surface area contributed by atoms with E-state index in [4.69, 9.17) is 4.74 Å². The molecule has 2 heterocycles. The lowest BCUT2D eigenvalue weighted by Crippen LogP contribution is -2.37. The van der Waals surface area contributed by atoms with Crippen LogP contribution >= 0.6 is 0 Å². The molecule has 2 bridgehead atoms. The summed E-state index contributed by atoms with van der Waals surface area (Å²) in [6.07, 6.45) is 1.96. The van der Waals surface area contributed by atoms with Crippen molar-refractivity contribution in [1.29, 1.82) is 0 Å². The summed E-state index contributed by atoms with van der Waals surface area (Å²) in [5.74, 6) is -0.358. The molecule has 0 aliphatic carbocycles. The quantitative estimate of drug-likeness (QED) is 0.749. The van der Waals surface area contributed by atoms with Gasteiger partial charge in [-0.15, -0.1) is 0 Å². The van der Waals surface area contributed by atoms with Crippen molar-refractivity contribution in [3.8, 4) is 0 Å². The Morgan fingerprint density at radius 1 is 1.11 bits per heavy atom. The molecular weight excluding hydrogens is 252 g/mol. The number of fused-ring (bicyclic) bond motifs is 2. The summed E-state index contributed by atoms with van der Waals surface area (Å²) in [5, 5.41) is -1.09. The molecule has 1 fully saturated rings. The first-order valence-corrected chi connectivity index (χ1v) is 7.23. The van der Waals surface area contributed by atoms with E-state index in [0.29, 0.717) is 0 Å². The van der Waals surface area contributed by atoms with Gasteiger partial charge in [0.05, 0.1) is 4.90 Å². The first-order chi connectivity index (χ1) is 8.50. The van der Waals surface area contributed by atoms with E-state index in [2.05, 4.69) is 0 Å². The van der Waals surface area contributed by atoms with Crippen LogP contribution in [0.15, 0.2) is 41.3 Å². The zero-order valence-electron chi connectivity index (χ0n) is 9.74. The van der Waals surface area contributed by atoms with Gasteiger partial charge in [-0.3, -0.25) is 4.79 Å². The molecule has 0 radical (unpaired) electrons. The van der Waals surface area contributed by atoms with E-state index >= 15 is 0 Å². The number of ether oxygens (including phenoxy) is 1. The standard InChI is InChI=1S/C13H12O4S/c1-8-2-4-9(5-3-8)18(15,16)13-11-7-6-10(17-11)12(13)14/h2-7,10-11,13H,1H3/t10-,11+,13?/m1/s1. The highest BCUT2D eigenvalue weighted by Crippen LogP contribution is 2.33. The van der Waals surface area contributed by atoms with Gasteiger partial charge in [0, 0.05) is 0 Å². The minimum atomic E-state index is -3.66. The van der Waals surface area contributed by atoms with Crippen LogP contribution in [0.25, 0.3) is 0 Å². The highest BCUT2D eigenvalue weighted by molar-refractivity contribution is 7.93. The van der Waals surface area contributed by atoms with Gasteiger partial charge in [-0.1, -0.05) is 23.8 Å². The van der Waals surface area contributed by atoms with Crippen molar-refractivity contribution in [1.82, 2.24) is 0 Å². The maximum absolute atomic E-state index is 12.4. The molecule has 3 atom stereocenters. The van der Waals surface area contributed by atoms with E-state index in [0.717, 1.165) is 5.56 Å². The number of hydrogen-bond donors (Lipinski definition) is 0. The lowest BCUT2D eigenvalue weighted by atomic mass is 10.1. The van der Waals surface area contributed by atoms with Crippen molar-refractivity contribution in [3.05, 3.63) is 42.0 Å². The number of rotatable bonds is 2. The molecule has 4 nitrogen and oxygen atoms in total. The van der Waals surface area contributed by atoms with E-state index in [1.165, 1.54) is 12.1 Å². The summed E-state index contributed by atoms with van der Waals surface area (Å²) in [6.45, 7) is 1.88. The van der Waals surface area contributed by atoms with E-state index in [1.54, 1.807) is 24.3 Å². The van der Waals surface area contributed by atoms with Gasteiger partial charge < -0.3 is 4.74 Å². The van der Waals surface area contributed by atoms with Crippen LogP contribution in [0.4, 0.5) is 0 Å². The number of sulfone groups is 1. The number of benzene rings is 1. The molecule has 0 spiro atoms. The zero-order valence-corrected chi connectivity index (χ0v) is 10.6. The van der Waals surface area contributed by atoms with Crippen molar-refractivity contribution in [2.24, 2.45) is 0 Å². The molecule has 1 aromatic rings. The molecule has 0 N–H and O–H groups in total. The maximum atomic E-state index is 12.4. The van der Waals surface area contributed by atoms with Gasteiger partial charge in [-0.25, -0.2) is 8.42 Å². The molecule has 3 rings (SSSR count). The fraction of sp³-hybridized carbons (Fsp3) is 0.308. The summed E-state index contributed by atoms with van der Waals surface area (Å²) in [5.41, 5.74) is 0.976. The second-order valence-electron chi connectivity index (χ2n) is 4.59. The first-order valence-electron chi connectivity index (χ1n) is 5.68.